The summed E-state index contributed by atoms with van der Waals surface area (Å²) in [6, 6.07) is 20.4. The van der Waals surface area contributed by atoms with Crippen LogP contribution in [0.4, 0.5) is 0 Å². The SMILES string of the molecule is NC1(N)C=CC=CC1(c1ccccc1)c1ccccc1. The summed E-state index contributed by atoms with van der Waals surface area (Å²) in [6.45, 7) is 0. The van der Waals surface area contributed by atoms with Crippen LogP contribution in [0.3, 0.4) is 0 Å². The normalized spacial score (nSPS) is 18.9. The molecule has 2 heteroatoms. The number of hydrogen-bond acceptors (Lipinski definition) is 2. The van der Waals surface area contributed by atoms with Crippen LogP contribution in [0.5, 0.6) is 0 Å². The molecule has 1 aliphatic carbocycles. The van der Waals surface area contributed by atoms with Gasteiger partial charge in [-0.15, -0.1) is 0 Å². The Morgan fingerprint density at radius 2 is 1.05 bits per heavy atom. The fourth-order valence-electron chi connectivity index (χ4n) is 2.95. The van der Waals surface area contributed by atoms with Crippen LogP contribution in [0.15, 0.2) is 85.0 Å². The maximum atomic E-state index is 6.46. The number of rotatable bonds is 2. The van der Waals surface area contributed by atoms with Gasteiger partial charge in [-0.25, -0.2) is 0 Å². The summed E-state index contributed by atoms with van der Waals surface area (Å²) in [5.74, 6) is 0. The molecule has 1 aliphatic rings. The van der Waals surface area contributed by atoms with E-state index in [-0.39, 0.29) is 0 Å². The van der Waals surface area contributed by atoms with Crippen molar-refractivity contribution in [3.05, 3.63) is 96.1 Å². The summed E-state index contributed by atoms with van der Waals surface area (Å²) in [6.07, 6.45) is 7.88. The van der Waals surface area contributed by atoms with Gasteiger partial charge >= 0.3 is 0 Å². The van der Waals surface area contributed by atoms with Crippen molar-refractivity contribution in [2.75, 3.05) is 0 Å². The summed E-state index contributed by atoms with van der Waals surface area (Å²) in [5, 5.41) is 0. The zero-order valence-electron chi connectivity index (χ0n) is 11.2. The molecular weight excluding hydrogens is 244 g/mol. The van der Waals surface area contributed by atoms with E-state index in [0.29, 0.717) is 0 Å². The minimum Gasteiger partial charge on any atom is -0.309 e. The van der Waals surface area contributed by atoms with Crippen LogP contribution in [0.1, 0.15) is 11.1 Å². The first-order chi connectivity index (χ1) is 9.67. The highest BCUT2D eigenvalue weighted by atomic mass is 15.0. The van der Waals surface area contributed by atoms with E-state index in [4.69, 9.17) is 11.5 Å². The molecule has 2 aromatic carbocycles. The second-order valence-electron chi connectivity index (χ2n) is 5.19. The van der Waals surface area contributed by atoms with Crippen molar-refractivity contribution in [1.82, 2.24) is 0 Å². The molecule has 0 bridgehead atoms. The Morgan fingerprint density at radius 1 is 0.600 bits per heavy atom. The van der Waals surface area contributed by atoms with Gasteiger partial charge in [0.2, 0.25) is 0 Å². The smallest absolute Gasteiger partial charge is 0.101 e. The molecule has 0 heterocycles. The average Bonchev–Trinajstić information content (AvgIpc) is 2.49. The highest BCUT2D eigenvalue weighted by Crippen LogP contribution is 2.42. The molecule has 100 valence electrons. The van der Waals surface area contributed by atoms with Gasteiger partial charge in [-0.3, -0.25) is 0 Å². The highest BCUT2D eigenvalue weighted by molar-refractivity contribution is 5.53. The first kappa shape index (κ1) is 12.9. The lowest BCUT2D eigenvalue weighted by molar-refractivity contribution is 0.391. The third-order valence-electron chi connectivity index (χ3n) is 3.97. The van der Waals surface area contributed by atoms with E-state index >= 15 is 0 Å². The van der Waals surface area contributed by atoms with Crippen molar-refractivity contribution in [3.8, 4) is 0 Å². The minimum atomic E-state index is -0.968. The third-order valence-corrected chi connectivity index (χ3v) is 3.97. The lowest BCUT2D eigenvalue weighted by Gasteiger charge is -2.45. The Bertz CT molecular complexity index is 600. The molecule has 0 atom stereocenters. The molecule has 2 aromatic rings. The van der Waals surface area contributed by atoms with Gasteiger partial charge in [-0.1, -0.05) is 78.9 Å². The lowest BCUT2D eigenvalue weighted by atomic mass is 9.64. The van der Waals surface area contributed by atoms with Gasteiger partial charge in [-0.05, 0) is 17.2 Å². The second-order valence-corrected chi connectivity index (χ2v) is 5.19. The van der Waals surface area contributed by atoms with Gasteiger partial charge in [0.05, 0.1) is 5.41 Å². The number of nitrogens with two attached hydrogens (primary N) is 2. The molecule has 0 saturated heterocycles. The summed E-state index contributed by atoms with van der Waals surface area (Å²) in [5.41, 5.74) is 13.6. The van der Waals surface area contributed by atoms with Crippen molar-refractivity contribution in [2.24, 2.45) is 11.5 Å². The van der Waals surface area contributed by atoms with Gasteiger partial charge in [0.25, 0.3) is 0 Å². The van der Waals surface area contributed by atoms with Gasteiger partial charge in [0.15, 0.2) is 0 Å². The molecule has 0 unspecified atom stereocenters. The van der Waals surface area contributed by atoms with E-state index in [0.717, 1.165) is 11.1 Å². The second kappa shape index (κ2) is 4.75. The minimum absolute atomic E-state index is 0.551. The standard InChI is InChI=1S/C18H18N2/c19-18(20)14-8-7-13-17(18,15-9-3-1-4-10-15)16-11-5-2-6-12-16/h1-14H,19-20H2. The predicted molar refractivity (Wildman–Crippen MR) is 83.0 cm³/mol. The first-order valence-electron chi connectivity index (χ1n) is 6.73. The van der Waals surface area contributed by atoms with Gasteiger partial charge in [0.1, 0.15) is 5.66 Å². The molecule has 0 saturated carbocycles. The quantitative estimate of drug-likeness (QED) is 0.818. The molecular formula is C18H18N2. The maximum absolute atomic E-state index is 6.46. The van der Waals surface area contributed by atoms with Crippen LogP contribution in [0.2, 0.25) is 0 Å². The van der Waals surface area contributed by atoms with Crippen LogP contribution in [-0.2, 0) is 5.41 Å². The van der Waals surface area contributed by atoms with Gasteiger partial charge in [-0.2, -0.15) is 0 Å². The molecule has 0 fully saturated rings. The van der Waals surface area contributed by atoms with E-state index < -0.39 is 11.1 Å². The van der Waals surface area contributed by atoms with Crippen LogP contribution >= 0.6 is 0 Å². The molecule has 0 aliphatic heterocycles. The molecule has 0 radical (unpaired) electrons. The van der Waals surface area contributed by atoms with Crippen molar-refractivity contribution in [2.45, 2.75) is 11.1 Å². The van der Waals surface area contributed by atoms with Crippen molar-refractivity contribution in [3.63, 3.8) is 0 Å². The summed E-state index contributed by atoms with van der Waals surface area (Å²) < 4.78 is 0. The van der Waals surface area contributed by atoms with E-state index in [1.54, 1.807) is 0 Å². The molecule has 20 heavy (non-hydrogen) atoms. The zero-order valence-corrected chi connectivity index (χ0v) is 11.2. The van der Waals surface area contributed by atoms with Crippen LogP contribution in [0, 0.1) is 0 Å². The first-order valence-corrected chi connectivity index (χ1v) is 6.73. The predicted octanol–water partition coefficient (Wildman–Crippen LogP) is 2.71. The van der Waals surface area contributed by atoms with Crippen LogP contribution in [0.25, 0.3) is 0 Å². The van der Waals surface area contributed by atoms with Crippen molar-refractivity contribution in [1.29, 1.82) is 0 Å². The molecule has 4 N–H and O–H groups in total. The van der Waals surface area contributed by atoms with Crippen LogP contribution < -0.4 is 11.5 Å². The zero-order chi connectivity index (χ0) is 14.1. The molecule has 0 aromatic heterocycles. The van der Waals surface area contributed by atoms with Gasteiger partial charge in [0, 0.05) is 0 Å². The van der Waals surface area contributed by atoms with E-state index in [1.165, 1.54) is 0 Å². The lowest BCUT2D eigenvalue weighted by Crippen LogP contribution is -2.64. The van der Waals surface area contributed by atoms with E-state index in [2.05, 4.69) is 30.3 Å². The third kappa shape index (κ3) is 1.82. The van der Waals surface area contributed by atoms with Gasteiger partial charge < -0.3 is 11.5 Å². The van der Waals surface area contributed by atoms with Crippen molar-refractivity contribution < 1.29 is 0 Å². The molecule has 2 nitrogen and oxygen atoms in total. The summed E-state index contributed by atoms with van der Waals surface area (Å²) >= 11 is 0. The summed E-state index contributed by atoms with van der Waals surface area (Å²) in [7, 11) is 0. The monoisotopic (exact) mass is 262 g/mol. The fourth-order valence-corrected chi connectivity index (χ4v) is 2.95. The van der Waals surface area contributed by atoms with Crippen LogP contribution in [-0.4, -0.2) is 5.66 Å². The Morgan fingerprint density at radius 3 is 1.50 bits per heavy atom. The Labute approximate surface area is 119 Å². The number of benzene rings is 2. The average molecular weight is 262 g/mol. The van der Waals surface area contributed by atoms with Crippen molar-refractivity contribution >= 4 is 0 Å². The van der Waals surface area contributed by atoms with E-state index in [9.17, 15) is 0 Å². The Kier molecular flexibility index (Phi) is 3.05. The molecule has 0 spiro atoms. The highest BCUT2D eigenvalue weighted by Gasteiger charge is 2.46. The largest absolute Gasteiger partial charge is 0.309 e. The molecule has 3 rings (SSSR count). The number of allylic oxidation sites excluding steroid dienone is 2. The fraction of sp³-hybridized carbons (Fsp3) is 0.111. The molecule has 0 amide bonds. The number of hydrogen-bond donors (Lipinski definition) is 2. The summed E-state index contributed by atoms with van der Waals surface area (Å²) in [4.78, 5) is 0. The van der Waals surface area contributed by atoms with E-state index in [1.807, 2.05) is 54.6 Å². The topological polar surface area (TPSA) is 52.0 Å². The Hall–Kier alpha value is -2.16. The Balaban J connectivity index is 2.30. The maximum Gasteiger partial charge on any atom is 0.101 e.